The Balaban J connectivity index is 4.12. The molecule has 0 aliphatic rings. The minimum absolute atomic E-state index is 0.0364. The Kier molecular flexibility index (Phi) is 50.1. The van der Waals surface area contributed by atoms with E-state index in [0.29, 0.717) is 12.8 Å². The quantitative estimate of drug-likeness (QED) is 0.0264. The van der Waals surface area contributed by atoms with Crippen LogP contribution in [0.3, 0.4) is 0 Å². The van der Waals surface area contributed by atoms with E-state index in [2.05, 4.69) is 154 Å². The molecule has 0 aliphatic heterocycles. The van der Waals surface area contributed by atoms with Gasteiger partial charge in [0.25, 0.3) is 0 Å². The number of nitrogens with two attached hydrogens (primary N) is 1. The summed E-state index contributed by atoms with van der Waals surface area (Å²) in [6, 6.07) is 0. The number of hydrogen-bond donors (Lipinski definition) is 2. The van der Waals surface area contributed by atoms with Gasteiger partial charge in [0.15, 0.2) is 6.10 Å². The van der Waals surface area contributed by atoms with Crippen molar-refractivity contribution in [3.63, 3.8) is 0 Å². The van der Waals surface area contributed by atoms with Crippen LogP contribution in [0.15, 0.2) is 146 Å². The van der Waals surface area contributed by atoms with Crippen LogP contribution in [0.2, 0.25) is 0 Å². The fourth-order valence-electron chi connectivity index (χ4n) is 6.41. The number of phosphoric ester groups is 1. The summed E-state index contributed by atoms with van der Waals surface area (Å²) in [5.41, 5.74) is 5.36. The molecule has 69 heavy (non-hydrogen) atoms. The number of carbonyl (C=O) groups excluding carboxylic acids is 2. The van der Waals surface area contributed by atoms with Crippen LogP contribution in [0.1, 0.15) is 181 Å². The van der Waals surface area contributed by atoms with Crippen molar-refractivity contribution in [1.82, 2.24) is 0 Å². The summed E-state index contributed by atoms with van der Waals surface area (Å²) in [4.78, 5) is 35.0. The Bertz CT molecular complexity index is 1630. The molecule has 0 saturated heterocycles. The van der Waals surface area contributed by atoms with Gasteiger partial charge in [-0.3, -0.25) is 18.6 Å². The van der Waals surface area contributed by atoms with Crippen molar-refractivity contribution in [2.75, 3.05) is 26.4 Å². The van der Waals surface area contributed by atoms with Gasteiger partial charge in [-0.1, -0.05) is 205 Å². The summed E-state index contributed by atoms with van der Waals surface area (Å²) in [6.07, 6.45) is 76.1. The molecule has 0 aromatic carbocycles. The largest absolute Gasteiger partial charge is 0.472 e. The standard InChI is InChI=1S/C59H94NO8P/c1-3-5-7-9-11-13-15-17-19-21-22-23-24-25-26-27-28-29-30-31-32-33-34-36-38-40-42-44-46-48-50-52-59(62)68-57(56-67-69(63,64)66-54-53-60)55-65-58(61)51-49-47-45-43-41-39-37-35-20-18-16-14-12-10-8-6-4-2/h5-8,11-14,17-20,22-23,25-26,28-29,31-32,37,39,43,45,57H,3-4,9-10,15-16,21,24,27,30,33-36,38,40-42,44,46-56,60H2,1-2H3,(H,63,64)/b7-5-,8-6-,13-11-,14-12-,19-17-,20-18-,23-22-,26-25-,29-28-,32-31-,39-37-,45-43-. The molecule has 10 heteroatoms. The summed E-state index contributed by atoms with van der Waals surface area (Å²) < 4.78 is 32.9. The highest BCUT2D eigenvalue weighted by molar-refractivity contribution is 7.47. The van der Waals surface area contributed by atoms with Gasteiger partial charge in [-0.2, -0.15) is 0 Å². The molecule has 2 atom stereocenters. The van der Waals surface area contributed by atoms with Gasteiger partial charge in [0, 0.05) is 19.4 Å². The molecule has 0 heterocycles. The Morgan fingerprint density at radius 1 is 0.435 bits per heavy atom. The Morgan fingerprint density at radius 2 is 0.768 bits per heavy atom. The van der Waals surface area contributed by atoms with Crippen molar-refractivity contribution in [3.05, 3.63) is 146 Å². The van der Waals surface area contributed by atoms with Crippen molar-refractivity contribution in [3.8, 4) is 0 Å². The summed E-state index contributed by atoms with van der Waals surface area (Å²) in [5, 5.41) is 0. The topological polar surface area (TPSA) is 134 Å². The second-order valence-corrected chi connectivity index (χ2v) is 18.1. The van der Waals surface area contributed by atoms with E-state index in [9.17, 15) is 19.0 Å². The molecule has 0 radical (unpaired) electrons. The zero-order valence-electron chi connectivity index (χ0n) is 43.0. The second-order valence-electron chi connectivity index (χ2n) is 16.6. The van der Waals surface area contributed by atoms with Crippen molar-refractivity contribution < 1.29 is 37.6 Å². The van der Waals surface area contributed by atoms with Crippen LogP contribution in [0.4, 0.5) is 0 Å². The molecule has 3 N–H and O–H groups in total. The first-order chi connectivity index (χ1) is 33.8. The minimum Gasteiger partial charge on any atom is -0.462 e. The Labute approximate surface area is 420 Å². The number of carbonyl (C=O) groups is 2. The number of esters is 2. The van der Waals surface area contributed by atoms with Crippen molar-refractivity contribution in [2.45, 2.75) is 187 Å². The van der Waals surface area contributed by atoms with Gasteiger partial charge in [-0.25, -0.2) is 4.57 Å². The van der Waals surface area contributed by atoms with Crippen LogP contribution in [-0.4, -0.2) is 49.3 Å². The van der Waals surface area contributed by atoms with E-state index in [1.807, 2.05) is 6.08 Å². The van der Waals surface area contributed by atoms with Crippen LogP contribution in [0.25, 0.3) is 0 Å². The third kappa shape index (κ3) is 53.1. The molecule has 0 bridgehead atoms. The zero-order valence-corrected chi connectivity index (χ0v) is 43.9. The number of ether oxygens (including phenoxy) is 2. The summed E-state index contributed by atoms with van der Waals surface area (Å²) in [6.45, 7) is 3.41. The monoisotopic (exact) mass is 976 g/mol. The number of hydrogen-bond acceptors (Lipinski definition) is 8. The highest BCUT2D eigenvalue weighted by Gasteiger charge is 2.26. The van der Waals surface area contributed by atoms with E-state index in [0.717, 1.165) is 109 Å². The van der Waals surface area contributed by atoms with Gasteiger partial charge in [-0.05, 0) is 109 Å². The third-order valence-electron chi connectivity index (χ3n) is 10.2. The summed E-state index contributed by atoms with van der Waals surface area (Å²) in [7, 11) is -4.41. The molecule has 2 unspecified atom stereocenters. The van der Waals surface area contributed by atoms with Crippen molar-refractivity contribution >= 4 is 19.8 Å². The zero-order chi connectivity index (χ0) is 50.2. The Morgan fingerprint density at radius 3 is 1.16 bits per heavy atom. The fraction of sp³-hybridized carbons (Fsp3) is 0.559. The molecule has 0 fully saturated rings. The lowest BCUT2D eigenvalue weighted by Crippen LogP contribution is -2.29. The van der Waals surface area contributed by atoms with Crippen LogP contribution < -0.4 is 5.73 Å². The normalized spacial score (nSPS) is 14.3. The van der Waals surface area contributed by atoms with Crippen LogP contribution in [-0.2, 0) is 32.7 Å². The highest BCUT2D eigenvalue weighted by Crippen LogP contribution is 2.43. The van der Waals surface area contributed by atoms with E-state index in [1.54, 1.807) is 0 Å². The van der Waals surface area contributed by atoms with Crippen LogP contribution in [0.5, 0.6) is 0 Å². The van der Waals surface area contributed by atoms with E-state index >= 15 is 0 Å². The van der Waals surface area contributed by atoms with Gasteiger partial charge in [0.05, 0.1) is 13.2 Å². The fourth-order valence-corrected chi connectivity index (χ4v) is 7.18. The SMILES string of the molecule is CC/C=C\C/C=C\C/C=C\C/C=C\C/C=C\C/C=C\C/C=C\CCCCCCCCCCCC(=O)OC(COC(=O)CCC/C=C\C/C=C\C/C=C\C/C=C\C/C=C\CC)COP(=O)(O)OCCN. The van der Waals surface area contributed by atoms with E-state index in [4.69, 9.17) is 24.3 Å². The number of phosphoric acid groups is 1. The first kappa shape index (κ1) is 64.9. The predicted molar refractivity (Wildman–Crippen MR) is 293 cm³/mol. The van der Waals surface area contributed by atoms with E-state index < -0.39 is 32.5 Å². The third-order valence-corrected chi connectivity index (χ3v) is 11.2. The summed E-state index contributed by atoms with van der Waals surface area (Å²) >= 11 is 0. The smallest absolute Gasteiger partial charge is 0.462 e. The van der Waals surface area contributed by atoms with Gasteiger partial charge < -0.3 is 20.1 Å². The Hall–Kier alpha value is -4.11. The molecule has 0 amide bonds. The number of rotatable bonds is 47. The average Bonchev–Trinajstić information content (AvgIpc) is 3.34. The van der Waals surface area contributed by atoms with Gasteiger partial charge in [0.1, 0.15) is 6.61 Å². The maximum absolute atomic E-state index is 12.7. The molecule has 0 aromatic rings. The maximum atomic E-state index is 12.7. The predicted octanol–water partition coefficient (Wildman–Crippen LogP) is 16.4. The molecule has 388 valence electrons. The first-order valence-corrected chi connectivity index (χ1v) is 27.8. The van der Waals surface area contributed by atoms with Crippen molar-refractivity contribution in [2.24, 2.45) is 5.73 Å². The second kappa shape index (κ2) is 53.2. The number of unbranched alkanes of at least 4 members (excludes halogenated alkanes) is 10. The van der Waals surface area contributed by atoms with Gasteiger partial charge in [0.2, 0.25) is 0 Å². The maximum Gasteiger partial charge on any atom is 0.472 e. The average molecular weight is 976 g/mol. The molecule has 0 spiro atoms. The lowest BCUT2D eigenvalue weighted by molar-refractivity contribution is -0.161. The van der Waals surface area contributed by atoms with E-state index in [1.165, 1.54) is 32.1 Å². The van der Waals surface area contributed by atoms with Crippen molar-refractivity contribution in [1.29, 1.82) is 0 Å². The highest BCUT2D eigenvalue weighted by atomic mass is 31.2. The van der Waals surface area contributed by atoms with Gasteiger partial charge >= 0.3 is 19.8 Å². The molecular weight excluding hydrogens is 882 g/mol. The molecule has 0 saturated carbocycles. The van der Waals surface area contributed by atoms with Gasteiger partial charge in [-0.15, -0.1) is 0 Å². The molecule has 9 nitrogen and oxygen atoms in total. The summed E-state index contributed by atoms with van der Waals surface area (Å²) in [5.74, 6) is -0.917. The first-order valence-electron chi connectivity index (χ1n) is 26.3. The molecule has 0 aliphatic carbocycles. The van der Waals surface area contributed by atoms with Crippen LogP contribution in [0, 0.1) is 0 Å². The lowest BCUT2D eigenvalue weighted by Gasteiger charge is -2.19. The molecule has 0 rings (SSSR count). The van der Waals surface area contributed by atoms with Crippen LogP contribution >= 0.6 is 7.82 Å². The molecular formula is C59H94NO8P. The van der Waals surface area contributed by atoms with E-state index in [-0.39, 0.29) is 32.6 Å². The molecule has 0 aromatic heterocycles. The lowest BCUT2D eigenvalue weighted by atomic mass is 10.1. The number of allylic oxidation sites excluding steroid dienone is 24. The minimum atomic E-state index is -4.41.